The molecule has 0 saturated carbocycles. The van der Waals surface area contributed by atoms with Gasteiger partial charge >= 0.3 is 11.9 Å². The number of aromatic nitrogens is 1. The van der Waals surface area contributed by atoms with Gasteiger partial charge in [0.15, 0.2) is 4.80 Å². The molecule has 0 bridgehead atoms. The molecule has 2 aromatic carbocycles. The zero-order valence-corrected chi connectivity index (χ0v) is 25.2. The minimum Gasteiger partial charge on any atom is -0.468 e. The summed E-state index contributed by atoms with van der Waals surface area (Å²) in [5, 5.41) is 0. The van der Waals surface area contributed by atoms with E-state index in [9.17, 15) is 22.8 Å². The number of benzene rings is 2. The normalized spacial score (nSPS) is 12.5. The van der Waals surface area contributed by atoms with Crippen molar-refractivity contribution < 1.29 is 32.3 Å². The minimum atomic E-state index is -3.75. The Hall–Kier alpha value is -3.35. The fourth-order valence-corrected chi connectivity index (χ4v) is 6.84. The van der Waals surface area contributed by atoms with Gasteiger partial charge < -0.3 is 14.0 Å². The number of rotatable bonds is 11. The Morgan fingerprint density at radius 3 is 2.12 bits per heavy atom. The molecule has 10 nitrogen and oxygen atoms in total. The molecule has 0 saturated heterocycles. The number of fused-ring (bicyclic) bond motifs is 1. The molecule has 0 aliphatic rings. The van der Waals surface area contributed by atoms with E-state index in [1.165, 1.54) is 40.2 Å². The maximum Gasteiger partial charge on any atom is 0.338 e. The average molecular weight is 590 g/mol. The van der Waals surface area contributed by atoms with Crippen LogP contribution in [0.5, 0.6) is 0 Å². The summed E-state index contributed by atoms with van der Waals surface area (Å²) in [5.41, 5.74) is 1.11. The Balaban J connectivity index is 2.00. The van der Waals surface area contributed by atoms with E-state index in [2.05, 4.69) is 4.99 Å². The van der Waals surface area contributed by atoms with Crippen LogP contribution in [-0.4, -0.2) is 61.9 Å². The van der Waals surface area contributed by atoms with Crippen molar-refractivity contribution in [3.05, 3.63) is 58.4 Å². The molecule has 1 aromatic heterocycles. The molecular formula is C28H35N3O7S2. The fraction of sp³-hybridized carbons (Fsp3) is 0.429. The molecular weight excluding hydrogens is 554 g/mol. The SMILES string of the molecule is CCOC(=O)c1ccc2c(c1)sc(=NC(=O)c1ccc(S(=O)(=O)N(CC(C)C)CC(C)C)cc1)n2CC(=O)OC. The maximum absolute atomic E-state index is 13.3. The lowest BCUT2D eigenvalue weighted by molar-refractivity contribution is -0.141. The first-order valence-electron chi connectivity index (χ1n) is 12.9. The van der Waals surface area contributed by atoms with Gasteiger partial charge in [0.05, 0.1) is 34.4 Å². The van der Waals surface area contributed by atoms with E-state index in [0.29, 0.717) is 28.9 Å². The molecule has 12 heteroatoms. The van der Waals surface area contributed by atoms with Crippen LogP contribution in [0.3, 0.4) is 0 Å². The zero-order chi connectivity index (χ0) is 29.6. The summed E-state index contributed by atoms with van der Waals surface area (Å²) in [6, 6.07) is 10.5. The van der Waals surface area contributed by atoms with Gasteiger partial charge in [-0.05, 0) is 61.2 Å². The van der Waals surface area contributed by atoms with Crippen LogP contribution in [-0.2, 0) is 30.8 Å². The summed E-state index contributed by atoms with van der Waals surface area (Å²) in [6.45, 7) is 10.4. The number of hydrogen-bond donors (Lipinski definition) is 0. The van der Waals surface area contributed by atoms with E-state index in [1.807, 2.05) is 27.7 Å². The summed E-state index contributed by atoms with van der Waals surface area (Å²) in [6.07, 6.45) is 0. The highest BCUT2D eigenvalue weighted by Crippen LogP contribution is 2.22. The second-order valence-corrected chi connectivity index (χ2v) is 12.9. The number of amides is 1. The van der Waals surface area contributed by atoms with Gasteiger partial charge in [0.1, 0.15) is 6.54 Å². The van der Waals surface area contributed by atoms with E-state index in [-0.39, 0.29) is 40.2 Å². The lowest BCUT2D eigenvalue weighted by Gasteiger charge is -2.25. The van der Waals surface area contributed by atoms with Gasteiger partial charge in [-0.25, -0.2) is 13.2 Å². The van der Waals surface area contributed by atoms with Crippen LogP contribution in [0.1, 0.15) is 55.3 Å². The molecule has 0 aliphatic carbocycles. The quantitative estimate of drug-likeness (QED) is 0.309. The summed E-state index contributed by atoms with van der Waals surface area (Å²) in [5.74, 6) is -1.33. The topological polar surface area (TPSA) is 124 Å². The molecule has 3 rings (SSSR count). The van der Waals surface area contributed by atoms with E-state index in [4.69, 9.17) is 9.47 Å². The van der Waals surface area contributed by atoms with Crippen molar-refractivity contribution in [2.75, 3.05) is 26.8 Å². The molecule has 216 valence electrons. The highest BCUT2D eigenvalue weighted by atomic mass is 32.2. The van der Waals surface area contributed by atoms with Crippen LogP contribution in [0.4, 0.5) is 0 Å². The molecule has 0 N–H and O–H groups in total. The first-order chi connectivity index (χ1) is 18.9. The Kier molecular flexibility index (Phi) is 10.4. The van der Waals surface area contributed by atoms with Crippen molar-refractivity contribution >= 4 is 49.4 Å². The van der Waals surface area contributed by atoms with Crippen LogP contribution < -0.4 is 4.80 Å². The molecule has 3 aromatic rings. The average Bonchev–Trinajstić information content (AvgIpc) is 3.23. The fourth-order valence-electron chi connectivity index (χ4n) is 4.00. The first-order valence-corrected chi connectivity index (χ1v) is 15.2. The largest absolute Gasteiger partial charge is 0.468 e. The third-order valence-electron chi connectivity index (χ3n) is 5.78. The zero-order valence-electron chi connectivity index (χ0n) is 23.5. The van der Waals surface area contributed by atoms with Crippen molar-refractivity contribution in [2.45, 2.75) is 46.1 Å². The molecule has 0 unspecified atom stereocenters. The van der Waals surface area contributed by atoms with E-state index >= 15 is 0 Å². The number of hydrogen-bond acceptors (Lipinski definition) is 8. The Labute approximate surface area is 238 Å². The molecule has 0 spiro atoms. The number of carbonyl (C=O) groups excluding carboxylic acids is 3. The van der Waals surface area contributed by atoms with Crippen molar-refractivity contribution in [2.24, 2.45) is 16.8 Å². The van der Waals surface area contributed by atoms with Crippen LogP contribution in [0, 0.1) is 11.8 Å². The van der Waals surface area contributed by atoms with Crippen molar-refractivity contribution in [1.82, 2.24) is 8.87 Å². The predicted octanol–water partition coefficient (Wildman–Crippen LogP) is 4.10. The van der Waals surface area contributed by atoms with Crippen LogP contribution >= 0.6 is 11.3 Å². The van der Waals surface area contributed by atoms with E-state index in [1.54, 1.807) is 25.1 Å². The van der Waals surface area contributed by atoms with Crippen LogP contribution in [0.2, 0.25) is 0 Å². The van der Waals surface area contributed by atoms with E-state index in [0.717, 1.165) is 11.3 Å². The maximum atomic E-state index is 13.3. The van der Waals surface area contributed by atoms with E-state index < -0.39 is 27.9 Å². The Morgan fingerprint density at radius 1 is 0.975 bits per heavy atom. The molecule has 0 fully saturated rings. The van der Waals surface area contributed by atoms with Crippen molar-refractivity contribution in [3.63, 3.8) is 0 Å². The highest BCUT2D eigenvalue weighted by molar-refractivity contribution is 7.89. The van der Waals surface area contributed by atoms with Crippen LogP contribution in [0.15, 0.2) is 52.4 Å². The number of sulfonamides is 1. The molecule has 0 radical (unpaired) electrons. The molecule has 0 atom stereocenters. The van der Waals surface area contributed by atoms with Gasteiger partial charge in [-0.3, -0.25) is 9.59 Å². The number of methoxy groups -OCH3 is 1. The smallest absolute Gasteiger partial charge is 0.338 e. The van der Waals surface area contributed by atoms with Gasteiger partial charge in [-0.1, -0.05) is 39.0 Å². The van der Waals surface area contributed by atoms with Gasteiger partial charge in [0.25, 0.3) is 5.91 Å². The standard InChI is InChI=1S/C28H35N3O7S2/c1-7-38-27(34)21-10-13-23-24(14-21)39-28(31(23)17-25(32)37-6)29-26(33)20-8-11-22(12-9-20)40(35,36)30(15-18(2)3)16-19(4)5/h8-14,18-19H,7,15-17H2,1-6H3. The summed E-state index contributed by atoms with van der Waals surface area (Å²) in [7, 11) is -2.49. The summed E-state index contributed by atoms with van der Waals surface area (Å²) < 4.78 is 40.1. The van der Waals surface area contributed by atoms with Gasteiger partial charge in [-0.15, -0.1) is 0 Å². The molecule has 0 aliphatic heterocycles. The van der Waals surface area contributed by atoms with Gasteiger partial charge in [0, 0.05) is 18.7 Å². The minimum absolute atomic E-state index is 0.0967. The van der Waals surface area contributed by atoms with Gasteiger partial charge in [-0.2, -0.15) is 9.30 Å². The van der Waals surface area contributed by atoms with Crippen LogP contribution in [0.25, 0.3) is 10.2 Å². The number of esters is 2. The number of ether oxygens (including phenoxy) is 2. The number of carbonyl (C=O) groups is 3. The second-order valence-electron chi connectivity index (χ2n) is 10.0. The lowest BCUT2D eigenvalue weighted by atomic mass is 10.2. The number of nitrogens with zero attached hydrogens (tertiary/aromatic N) is 3. The predicted molar refractivity (Wildman–Crippen MR) is 153 cm³/mol. The van der Waals surface area contributed by atoms with Crippen molar-refractivity contribution in [1.29, 1.82) is 0 Å². The molecule has 1 amide bonds. The highest BCUT2D eigenvalue weighted by Gasteiger charge is 2.26. The number of thiazole rings is 1. The Morgan fingerprint density at radius 2 is 1.57 bits per heavy atom. The van der Waals surface area contributed by atoms with Gasteiger partial charge in [0.2, 0.25) is 10.0 Å². The summed E-state index contributed by atoms with van der Waals surface area (Å²) >= 11 is 1.13. The first kappa shape index (κ1) is 31.2. The molecule has 40 heavy (non-hydrogen) atoms. The third kappa shape index (κ3) is 7.43. The monoisotopic (exact) mass is 589 g/mol. The third-order valence-corrected chi connectivity index (χ3v) is 8.67. The summed E-state index contributed by atoms with van der Waals surface area (Å²) in [4.78, 5) is 42.0. The molecule has 1 heterocycles. The van der Waals surface area contributed by atoms with Crippen molar-refractivity contribution in [3.8, 4) is 0 Å². The lowest BCUT2D eigenvalue weighted by Crippen LogP contribution is -2.37. The Bertz CT molecular complexity index is 1540. The second kappa shape index (κ2) is 13.3.